The predicted molar refractivity (Wildman–Crippen MR) is 99.3 cm³/mol. The van der Waals surface area contributed by atoms with E-state index in [1.165, 1.54) is 23.5 Å². The molecule has 3 heterocycles. The van der Waals surface area contributed by atoms with Crippen molar-refractivity contribution < 1.29 is 23.4 Å². The molecule has 0 saturated carbocycles. The fourth-order valence-corrected chi connectivity index (χ4v) is 4.30. The van der Waals surface area contributed by atoms with Gasteiger partial charge in [0.25, 0.3) is 0 Å². The summed E-state index contributed by atoms with van der Waals surface area (Å²) in [7, 11) is 0. The van der Waals surface area contributed by atoms with Gasteiger partial charge in [0.2, 0.25) is 0 Å². The van der Waals surface area contributed by atoms with Crippen molar-refractivity contribution in [2.75, 3.05) is 12.5 Å². The Morgan fingerprint density at radius 1 is 1.37 bits per heavy atom. The first-order valence-electron chi connectivity index (χ1n) is 8.29. The van der Waals surface area contributed by atoms with Gasteiger partial charge in [0.1, 0.15) is 27.9 Å². The minimum absolute atomic E-state index is 0.0765. The summed E-state index contributed by atoms with van der Waals surface area (Å²) in [5.41, 5.74) is 9.37. The molecule has 0 radical (unpaired) electrons. The Balaban J connectivity index is 1.61. The summed E-state index contributed by atoms with van der Waals surface area (Å²) in [4.78, 5) is 18.0. The van der Waals surface area contributed by atoms with Gasteiger partial charge < -0.3 is 19.9 Å². The molecule has 1 aliphatic rings. The Morgan fingerprint density at radius 2 is 2.19 bits per heavy atom. The van der Waals surface area contributed by atoms with E-state index in [0.29, 0.717) is 32.3 Å². The average molecular weight is 388 g/mol. The van der Waals surface area contributed by atoms with Gasteiger partial charge in [0, 0.05) is 22.2 Å². The maximum absolute atomic E-state index is 13.8. The lowest BCUT2D eigenvalue weighted by Crippen LogP contribution is -2.15. The molecule has 2 aromatic heterocycles. The number of fused-ring (bicyclic) bond motifs is 2. The highest BCUT2D eigenvalue weighted by Gasteiger charge is 2.22. The normalized spacial score (nSPS) is 13.3. The smallest absolute Gasteiger partial charge is 0.350 e. The summed E-state index contributed by atoms with van der Waals surface area (Å²) in [5.74, 6) is -0.518. The topological polar surface area (TPSA) is 83.7 Å². The van der Waals surface area contributed by atoms with Crippen molar-refractivity contribution in [1.82, 2.24) is 4.98 Å². The molecule has 0 amide bonds. The zero-order valence-corrected chi connectivity index (χ0v) is 15.6. The number of rotatable bonds is 3. The fraction of sp³-hybridized carbons (Fsp3) is 0.263. The Hall–Kier alpha value is -2.71. The predicted octanol–water partition coefficient (Wildman–Crippen LogP) is 3.86. The van der Waals surface area contributed by atoms with E-state index in [4.69, 9.17) is 19.9 Å². The van der Waals surface area contributed by atoms with E-state index < -0.39 is 11.8 Å². The molecule has 4 rings (SSSR count). The second-order valence-corrected chi connectivity index (χ2v) is 7.34. The first-order valence-corrected chi connectivity index (χ1v) is 9.11. The van der Waals surface area contributed by atoms with Crippen molar-refractivity contribution in [1.29, 1.82) is 0 Å². The van der Waals surface area contributed by atoms with Crippen LogP contribution in [0.4, 0.5) is 10.1 Å². The van der Waals surface area contributed by atoms with E-state index in [2.05, 4.69) is 4.98 Å². The lowest BCUT2D eigenvalue weighted by atomic mass is 10.1. The van der Waals surface area contributed by atoms with Gasteiger partial charge in [-0.2, -0.15) is 0 Å². The number of aromatic nitrogens is 1. The van der Waals surface area contributed by atoms with Gasteiger partial charge in [-0.15, -0.1) is 11.3 Å². The zero-order chi connectivity index (χ0) is 19.1. The van der Waals surface area contributed by atoms with Crippen molar-refractivity contribution in [2.24, 2.45) is 0 Å². The van der Waals surface area contributed by atoms with E-state index in [1.807, 2.05) is 19.9 Å². The van der Waals surface area contributed by atoms with Crippen LogP contribution in [0.5, 0.6) is 5.75 Å². The molecule has 0 spiro atoms. The molecule has 0 bridgehead atoms. The summed E-state index contributed by atoms with van der Waals surface area (Å²) in [6, 6.07) is 4.56. The summed E-state index contributed by atoms with van der Waals surface area (Å²) in [6.07, 6.45) is 0. The number of nitrogens with two attached hydrogens (primary N) is 1. The maximum Gasteiger partial charge on any atom is 0.350 e. The van der Waals surface area contributed by atoms with Crippen molar-refractivity contribution in [3.8, 4) is 5.75 Å². The molecule has 27 heavy (non-hydrogen) atoms. The molecule has 0 fully saturated rings. The van der Waals surface area contributed by atoms with Crippen LogP contribution in [0.25, 0.3) is 10.2 Å². The number of carbonyl (C=O) groups is 1. The highest BCUT2D eigenvalue weighted by atomic mass is 32.1. The van der Waals surface area contributed by atoms with Gasteiger partial charge in [-0.3, -0.25) is 0 Å². The average Bonchev–Trinajstić information content (AvgIpc) is 2.95. The molecule has 140 valence electrons. The van der Waals surface area contributed by atoms with Crippen molar-refractivity contribution >= 4 is 33.2 Å². The standard InChI is InChI=1S/C19H17FN2O4S/c1-9-3-10(2)22-18-14(9)15(21)17(27-18)19(23)25-7-12-5-13(20)4-11-6-24-8-26-16(11)12/h3-5H,6-8,21H2,1-2H3. The van der Waals surface area contributed by atoms with Crippen LogP contribution >= 0.6 is 11.3 Å². The molecule has 8 heteroatoms. The molecule has 0 saturated heterocycles. The van der Waals surface area contributed by atoms with Crippen LogP contribution < -0.4 is 10.5 Å². The molecule has 0 unspecified atom stereocenters. The number of hydrogen-bond donors (Lipinski definition) is 1. The lowest BCUT2D eigenvalue weighted by Gasteiger charge is -2.20. The van der Waals surface area contributed by atoms with Crippen molar-refractivity contribution in [3.63, 3.8) is 0 Å². The monoisotopic (exact) mass is 388 g/mol. The third-order valence-electron chi connectivity index (χ3n) is 4.32. The van der Waals surface area contributed by atoms with Gasteiger partial charge in [-0.1, -0.05) is 0 Å². The summed E-state index contributed by atoms with van der Waals surface area (Å²) >= 11 is 1.19. The molecule has 6 nitrogen and oxygen atoms in total. The number of halogens is 1. The Morgan fingerprint density at radius 3 is 3.00 bits per heavy atom. The molecule has 0 atom stereocenters. The second kappa shape index (κ2) is 6.79. The maximum atomic E-state index is 13.8. The van der Waals surface area contributed by atoms with Crippen LogP contribution in [0.1, 0.15) is 32.1 Å². The number of benzene rings is 1. The number of carbonyl (C=O) groups excluding carboxylic acids is 1. The van der Waals surface area contributed by atoms with Gasteiger partial charge in [-0.05, 0) is 37.6 Å². The van der Waals surface area contributed by atoms with Gasteiger partial charge in [0.15, 0.2) is 6.79 Å². The molecule has 1 aliphatic heterocycles. The van der Waals surface area contributed by atoms with Gasteiger partial charge in [0.05, 0.1) is 12.3 Å². The van der Waals surface area contributed by atoms with Crippen LogP contribution in [0, 0.1) is 19.7 Å². The van der Waals surface area contributed by atoms with E-state index in [-0.39, 0.29) is 20.0 Å². The highest BCUT2D eigenvalue weighted by molar-refractivity contribution is 7.21. The number of pyridine rings is 1. The minimum Gasteiger partial charge on any atom is -0.467 e. The molecule has 3 aromatic rings. The summed E-state index contributed by atoms with van der Waals surface area (Å²) < 4.78 is 29.8. The van der Waals surface area contributed by atoms with Crippen LogP contribution in [-0.4, -0.2) is 17.7 Å². The highest BCUT2D eigenvalue weighted by Crippen LogP contribution is 2.36. The SMILES string of the molecule is Cc1cc(C)c2c(N)c(C(=O)OCc3cc(F)cc4c3OCOC4)sc2n1. The number of nitrogen functional groups attached to an aromatic ring is 1. The summed E-state index contributed by atoms with van der Waals surface area (Å²) in [6.45, 7) is 4.01. The second-order valence-electron chi connectivity index (χ2n) is 6.35. The molecule has 0 aliphatic carbocycles. The number of ether oxygens (including phenoxy) is 3. The number of esters is 1. The fourth-order valence-electron chi connectivity index (χ4n) is 3.19. The van der Waals surface area contributed by atoms with Crippen LogP contribution in [0.2, 0.25) is 0 Å². The summed E-state index contributed by atoms with van der Waals surface area (Å²) in [5, 5.41) is 0.765. The van der Waals surface area contributed by atoms with E-state index in [0.717, 1.165) is 16.6 Å². The zero-order valence-electron chi connectivity index (χ0n) is 14.8. The Kier molecular flexibility index (Phi) is 4.45. The van der Waals surface area contributed by atoms with Gasteiger partial charge in [-0.25, -0.2) is 14.2 Å². The quantitative estimate of drug-likeness (QED) is 0.686. The molecule has 2 N–H and O–H groups in total. The van der Waals surface area contributed by atoms with Crippen molar-refractivity contribution in [3.05, 3.63) is 51.3 Å². The number of aryl methyl sites for hydroxylation is 2. The van der Waals surface area contributed by atoms with Gasteiger partial charge >= 0.3 is 5.97 Å². The number of anilines is 1. The molecular formula is C19H17FN2O4S. The molecular weight excluding hydrogens is 371 g/mol. The third kappa shape index (κ3) is 3.22. The first-order chi connectivity index (χ1) is 12.9. The molecule has 1 aromatic carbocycles. The van der Waals surface area contributed by atoms with Crippen LogP contribution in [-0.2, 0) is 22.7 Å². The van der Waals surface area contributed by atoms with E-state index >= 15 is 0 Å². The van der Waals surface area contributed by atoms with Crippen LogP contribution in [0.3, 0.4) is 0 Å². The van der Waals surface area contributed by atoms with E-state index in [9.17, 15) is 9.18 Å². The Labute approximate surface area is 158 Å². The largest absolute Gasteiger partial charge is 0.467 e. The van der Waals surface area contributed by atoms with Crippen LogP contribution in [0.15, 0.2) is 18.2 Å². The number of thiophene rings is 1. The minimum atomic E-state index is -0.572. The lowest BCUT2D eigenvalue weighted by molar-refractivity contribution is -0.0182. The number of nitrogens with zero attached hydrogens (tertiary/aromatic N) is 1. The van der Waals surface area contributed by atoms with E-state index in [1.54, 1.807) is 0 Å². The third-order valence-corrected chi connectivity index (χ3v) is 5.40. The first kappa shape index (κ1) is 17.7. The Bertz CT molecular complexity index is 1060. The van der Waals surface area contributed by atoms with Crippen molar-refractivity contribution in [2.45, 2.75) is 27.1 Å². The number of hydrogen-bond acceptors (Lipinski definition) is 7.